The fourth-order valence-corrected chi connectivity index (χ4v) is 2.64. The third-order valence-corrected chi connectivity index (χ3v) is 4.38. The first-order valence-corrected chi connectivity index (χ1v) is 7.66. The smallest absolute Gasteiger partial charge is 0.197 e. The van der Waals surface area contributed by atoms with E-state index in [-0.39, 0.29) is 5.41 Å². The van der Waals surface area contributed by atoms with Crippen LogP contribution in [0.15, 0.2) is 10.2 Å². The molecular weight excluding hydrogens is 284 g/mol. The normalized spacial score (nSPS) is 11.8. The summed E-state index contributed by atoms with van der Waals surface area (Å²) in [5.41, 5.74) is 0.917. The summed E-state index contributed by atoms with van der Waals surface area (Å²) in [6.45, 7) is 10.3. The van der Waals surface area contributed by atoms with Gasteiger partial charge >= 0.3 is 0 Å². The molecule has 2 aromatic heterocycles. The Kier molecular flexibility index (Phi) is 4.22. The second kappa shape index (κ2) is 5.63. The summed E-state index contributed by atoms with van der Waals surface area (Å²) in [5, 5.41) is 13.2. The van der Waals surface area contributed by atoms with Crippen LogP contribution in [0, 0.1) is 13.8 Å². The lowest BCUT2D eigenvalue weighted by atomic mass is 9.95. The zero-order valence-electron chi connectivity index (χ0n) is 13.6. The Bertz CT molecular complexity index is 656. The summed E-state index contributed by atoms with van der Waals surface area (Å²) in [4.78, 5) is 9.34. The van der Waals surface area contributed by atoms with Crippen LogP contribution in [0.1, 0.15) is 38.0 Å². The van der Waals surface area contributed by atoms with Crippen molar-refractivity contribution in [1.82, 2.24) is 24.7 Å². The highest BCUT2D eigenvalue weighted by Crippen LogP contribution is 2.32. The molecule has 2 heterocycles. The van der Waals surface area contributed by atoms with E-state index in [1.165, 1.54) is 11.8 Å². The molecule has 0 radical (unpaired) electrons. The van der Waals surface area contributed by atoms with E-state index in [2.05, 4.69) is 41.3 Å². The molecule has 0 amide bonds. The molecule has 0 aliphatic heterocycles. The van der Waals surface area contributed by atoms with Gasteiger partial charge in [-0.2, -0.15) is 0 Å². The van der Waals surface area contributed by atoms with E-state index >= 15 is 0 Å². The van der Waals surface area contributed by atoms with Gasteiger partial charge in [-0.15, -0.1) is 10.2 Å². The largest absolute Gasteiger partial charge is 0.373 e. The minimum absolute atomic E-state index is 0.107. The summed E-state index contributed by atoms with van der Waals surface area (Å²) in [6, 6.07) is 0. The van der Waals surface area contributed by atoms with E-state index in [1.807, 2.05) is 32.5 Å². The van der Waals surface area contributed by atoms with E-state index in [0.717, 1.165) is 33.2 Å². The lowest BCUT2D eigenvalue weighted by Crippen LogP contribution is -2.18. The Morgan fingerprint density at radius 3 is 2.24 bits per heavy atom. The van der Waals surface area contributed by atoms with Crippen LogP contribution in [0.2, 0.25) is 0 Å². The van der Waals surface area contributed by atoms with Gasteiger partial charge in [-0.3, -0.25) is 0 Å². The van der Waals surface area contributed by atoms with Gasteiger partial charge in [-0.25, -0.2) is 9.97 Å². The van der Waals surface area contributed by atoms with E-state index < -0.39 is 0 Å². The summed E-state index contributed by atoms with van der Waals surface area (Å²) < 4.78 is 1.96. The van der Waals surface area contributed by atoms with Crippen molar-refractivity contribution in [2.24, 2.45) is 7.05 Å². The lowest BCUT2D eigenvalue weighted by Gasteiger charge is -2.20. The van der Waals surface area contributed by atoms with Crippen molar-refractivity contribution in [2.75, 3.05) is 12.4 Å². The zero-order chi connectivity index (χ0) is 15.8. The predicted octanol–water partition coefficient (Wildman–Crippen LogP) is 2.71. The van der Waals surface area contributed by atoms with Gasteiger partial charge in [0, 0.05) is 25.1 Å². The quantitative estimate of drug-likeness (QED) is 0.879. The number of hydrogen-bond acceptors (Lipinski definition) is 6. The fraction of sp³-hybridized carbons (Fsp3) is 0.571. The first-order valence-electron chi connectivity index (χ1n) is 6.84. The van der Waals surface area contributed by atoms with E-state index in [1.54, 1.807) is 0 Å². The molecule has 0 bridgehead atoms. The molecule has 0 atom stereocenters. The molecule has 0 unspecified atom stereocenters. The molecule has 2 aromatic rings. The molecular formula is C14H22N6S. The topological polar surface area (TPSA) is 68.5 Å². The molecule has 21 heavy (non-hydrogen) atoms. The average Bonchev–Trinajstić information content (AvgIpc) is 2.71. The monoisotopic (exact) mass is 306 g/mol. The van der Waals surface area contributed by atoms with Crippen LogP contribution in [-0.2, 0) is 12.5 Å². The minimum Gasteiger partial charge on any atom is -0.373 e. The number of rotatable bonds is 3. The van der Waals surface area contributed by atoms with Crippen molar-refractivity contribution in [3.8, 4) is 0 Å². The third kappa shape index (κ3) is 3.18. The number of aryl methyl sites for hydroxylation is 1. The summed E-state index contributed by atoms with van der Waals surface area (Å²) in [6.07, 6.45) is 0. The van der Waals surface area contributed by atoms with Crippen LogP contribution in [0.25, 0.3) is 0 Å². The Morgan fingerprint density at radius 2 is 1.76 bits per heavy atom. The number of nitrogens with zero attached hydrogens (tertiary/aromatic N) is 5. The van der Waals surface area contributed by atoms with Crippen LogP contribution in [-0.4, -0.2) is 31.8 Å². The Labute approximate surface area is 129 Å². The highest BCUT2D eigenvalue weighted by atomic mass is 32.2. The first kappa shape index (κ1) is 15.8. The number of hydrogen-bond donors (Lipinski definition) is 1. The molecule has 1 N–H and O–H groups in total. The molecule has 0 aromatic carbocycles. The Balaban J connectivity index is 2.49. The second-order valence-corrected chi connectivity index (χ2v) is 6.97. The molecule has 0 aliphatic carbocycles. The second-order valence-electron chi connectivity index (χ2n) is 6.02. The van der Waals surface area contributed by atoms with Crippen LogP contribution < -0.4 is 5.32 Å². The van der Waals surface area contributed by atoms with Crippen LogP contribution in [0.4, 0.5) is 5.82 Å². The molecule has 0 saturated heterocycles. The van der Waals surface area contributed by atoms with Gasteiger partial charge in [0.05, 0.1) is 0 Å². The van der Waals surface area contributed by atoms with Gasteiger partial charge in [0.1, 0.15) is 22.5 Å². The highest BCUT2D eigenvalue weighted by Gasteiger charge is 2.22. The summed E-state index contributed by atoms with van der Waals surface area (Å²) >= 11 is 1.52. The van der Waals surface area contributed by atoms with Gasteiger partial charge in [-0.05, 0) is 25.6 Å². The first-order chi connectivity index (χ1) is 9.74. The maximum atomic E-state index is 4.73. The van der Waals surface area contributed by atoms with Crippen molar-refractivity contribution in [1.29, 1.82) is 0 Å². The maximum Gasteiger partial charge on any atom is 0.197 e. The average molecular weight is 306 g/mol. The summed E-state index contributed by atoms with van der Waals surface area (Å²) in [5.74, 6) is 2.56. The van der Waals surface area contributed by atoms with Crippen molar-refractivity contribution < 1.29 is 0 Å². The number of anilines is 1. The van der Waals surface area contributed by atoms with E-state index in [0.29, 0.717) is 0 Å². The van der Waals surface area contributed by atoms with Crippen molar-refractivity contribution >= 4 is 17.6 Å². The van der Waals surface area contributed by atoms with Crippen molar-refractivity contribution in [3.63, 3.8) is 0 Å². The predicted molar refractivity (Wildman–Crippen MR) is 84.9 cm³/mol. The summed E-state index contributed by atoms with van der Waals surface area (Å²) in [7, 11) is 3.83. The van der Waals surface area contributed by atoms with E-state index in [4.69, 9.17) is 4.98 Å². The zero-order valence-corrected chi connectivity index (χ0v) is 14.5. The van der Waals surface area contributed by atoms with Crippen LogP contribution in [0.5, 0.6) is 0 Å². The maximum absolute atomic E-state index is 4.73. The molecule has 0 aliphatic rings. The molecule has 0 fully saturated rings. The fourth-order valence-electron chi connectivity index (χ4n) is 1.74. The third-order valence-electron chi connectivity index (χ3n) is 3.25. The van der Waals surface area contributed by atoms with Crippen LogP contribution in [0.3, 0.4) is 0 Å². The van der Waals surface area contributed by atoms with Gasteiger partial charge in [0.15, 0.2) is 5.16 Å². The standard InChI is InChI=1S/C14H22N6S/c1-8-10(15-6)16-12(14(3,4)5)17-11(8)21-13-19-18-9(2)20(13)7/h1-7H3,(H,15,16,17). The van der Waals surface area contributed by atoms with Gasteiger partial charge in [0.2, 0.25) is 0 Å². The van der Waals surface area contributed by atoms with Gasteiger partial charge in [-0.1, -0.05) is 20.8 Å². The highest BCUT2D eigenvalue weighted by molar-refractivity contribution is 7.99. The molecule has 114 valence electrons. The molecule has 7 heteroatoms. The SMILES string of the molecule is CNc1nc(C(C)(C)C)nc(Sc2nnc(C)n2C)c1C. The van der Waals surface area contributed by atoms with E-state index in [9.17, 15) is 0 Å². The van der Waals surface area contributed by atoms with Crippen molar-refractivity contribution in [3.05, 3.63) is 17.2 Å². The lowest BCUT2D eigenvalue weighted by molar-refractivity contribution is 0.538. The van der Waals surface area contributed by atoms with Crippen molar-refractivity contribution in [2.45, 2.75) is 50.2 Å². The minimum atomic E-state index is -0.107. The molecule has 2 rings (SSSR count). The Morgan fingerprint density at radius 1 is 1.10 bits per heavy atom. The number of aromatic nitrogens is 5. The molecule has 0 saturated carbocycles. The molecule has 0 spiro atoms. The molecule has 6 nitrogen and oxygen atoms in total. The van der Waals surface area contributed by atoms with Gasteiger partial charge in [0.25, 0.3) is 0 Å². The Hall–Kier alpha value is -1.63. The van der Waals surface area contributed by atoms with Gasteiger partial charge < -0.3 is 9.88 Å². The number of nitrogens with one attached hydrogen (secondary N) is 1. The van der Waals surface area contributed by atoms with Crippen LogP contribution >= 0.6 is 11.8 Å².